The van der Waals surface area contributed by atoms with Gasteiger partial charge in [-0.2, -0.15) is 0 Å². The summed E-state index contributed by atoms with van der Waals surface area (Å²) < 4.78 is 8.14. The molecule has 42 heavy (non-hydrogen) atoms. The molecule has 1 aliphatic rings. The summed E-state index contributed by atoms with van der Waals surface area (Å²) >= 11 is 0. The Kier molecular flexibility index (Phi) is 6.16. The quantitative estimate of drug-likeness (QED) is 0.251. The summed E-state index contributed by atoms with van der Waals surface area (Å²) in [5, 5.41) is 9.83. The fourth-order valence-corrected chi connectivity index (χ4v) is 5.09. The van der Waals surface area contributed by atoms with Crippen molar-refractivity contribution in [3.63, 3.8) is 0 Å². The highest BCUT2D eigenvalue weighted by molar-refractivity contribution is 5.97. The topological polar surface area (TPSA) is 129 Å². The van der Waals surface area contributed by atoms with Gasteiger partial charge >= 0.3 is 0 Å². The summed E-state index contributed by atoms with van der Waals surface area (Å²) in [5.41, 5.74) is 12.9. The van der Waals surface area contributed by atoms with Crippen molar-refractivity contribution < 1.29 is 14.6 Å². The number of benzene rings is 3. The van der Waals surface area contributed by atoms with Gasteiger partial charge in [-0.3, -0.25) is 9.36 Å². The van der Waals surface area contributed by atoms with Crippen LogP contribution in [-0.2, 0) is 4.74 Å². The molecule has 3 N–H and O–H groups in total. The summed E-state index contributed by atoms with van der Waals surface area (Å²) in [6.07, 6.45) is 1.97. The van der Waals surface area contributed by atoms with E-state index in [0.717, 1.165) is 28.0 Å². The number of rotatable bonds is 6. The molecule has 204 valence electrons. The molecule has 0 bridgehead atoms. The average Bonchev–Trinajstić information content (AvgIpc) is 3.67. The zero-order chi connectivity index (χ0) is 28.6. The summed E-state index contributed by atoms with van der Waals surface area (Å²) in [6.45, 7) is 0.430. The van der Waals surface area contributed by atoms with Gasteiger partial charge in [0.15, 0.2) is 17.8 Å². The van der Waals surface area contributed by atoms with Gasteiger partial charge in [0, 0.05) is 23.0 Å². The van der Waals surface area contributed by atoms with Crippen molar-refractivity contribution in [2.24, 2.45) is 4.99 Å². The maximum absolute atomic E-state index is 11.3. The smallest absolute Gasteiger partial charge is 0.216 e. The van der Waals surface area contributed by atoms with Crippen LogP contribution in [0.15, 0.2) is 108 Å². The average molecular weight is 553 g/mol. The van der Waals surface area contributed by atoms with E-state index in [1.165, 1.54) is 6.07 Å². The molecule has 3 aromatic carbocycles. The van der Waals surface area contributed by atoms with Crippen LogP contribution in [-0.4, -0.2) is 43.4 Å². The minimum Gasteiger partial charge on any atom is -0.507 e. The lowest BCUT2D eigenvalue weighted by molar-refractivity contribution is 0.112. The number of phenols is 1. The van der Waals surface area contributed by atoms with E-state index in [9.17, 15) is 9.90 Å². The van der Waals surface area contributed by atoms with Gasteiger partial charge in [-0.1, -0.05) is 42.5 Å². The molecular formula is C33H24N6O3. The number of carbonyl (C=O) groups is 1. The number of imidazole rings is 1. The first-order valence-electron chi connectivity index (χ1n) is 13.3. The SMILES string of the molecule is Nc1ncccc1-c1nc2ccc(-c3ccccc3)nc2n1-c1ccc([C@@H]2CN=C(c3ccc(O)c(C=O)c3)O2)cc1. The lowest BCUT2D eigenvalue weighted by Gasteiger charge is -2.14. The number of pyridine rings is 2. The first kappa shape index (κ1) is 25.2. The molecule has 9 nitrogen and oxygen atoms in total. The van der Waals surface area contributed by atoms with Crippen LogP contribution in [0.3, 0.4) is 0 Å². The van der Waals surface area contributed by atoms with Crippen molar-refractivity contribution >= 4 is 29.2 Å². The van der Waals surface area contributed by atoms with E-state index in [1.807, 2.05) is 83.4 Å². The number of hydrogen-bond acceptors (Lipinski definition) is 8. The number of ether oxygens (including phenoxy) is 1. The molecule has 0 aliphatic carbocycles. The highest BCUT2D eigenvalue weighted by Gasteiger charge is 2.24. The van der Waals surface area contributed by atoms with Crippen LogP contribution >= 0.6 is 0 Å². The Bertz CT molecular complexity index is 1980. The second-order valence-corrected chi connectivity index (χ2v) is 9.85. The van der Waals surface area contributed by atoms with Crippen molar-refractivity contribution in [1.29, 1.82) is 0 Å². The molecule has 0 unspecified atom stereocenters. The number of anilines is 1. The van der Waals surface area contributed by atoms with Gasteiger partial charge in [0.05, 0.1) is 23.4 Å². The Hall–Kier alpha value is -5.83. The van der Waals surface area contributed by atoms with Crippen LogP contribution < -0.4 is 5.73 Å². The molecule has 0 saturated heterocycles. The maximum atomic E-state index is 11.3. The van der Waals surface area contributed by atoms with Gasteiger partial charge in [0.1, 0.15) is 23.2 Å². The van der Waals surface area contributed by atoms with E-state index >= 15 is 0 Å². The van der Waals surface area contributed by atoms with Crippen LogP contribution in [0.25, 0.3) is 39.5 Å². The number of aromatic hydroxyl groups is 1. The summed E-state index contributed by atoms with van der Waals surface area (Å²) in [5.74, 6) is 1.37. The number of nitrogen functional groups attached to an aromatic ring is 1. The largest absolute Gasteiger partial charge is 0.507 e. The zero-order valence-corrected chi connectivity index (χ0v) is 22.3. The molecule has 7 rings (SSSR count). The van der Waals surface area contributed by atoms with Crippen LogP contribution in [0.2, 0.25) is 0 Å². The lowest BCUT2D eigenvalue weighted by Crippen LogP contribution is -2.07. The third-order valence-corrected chi connectivity index (χ3v) is 7.23. The van der Waals surface area contributed by atoms with Crippen LogP contribution in [0.1, 0.15) is 27.6 Å². The number of aromatic nitrogens is 4. The first-order valence-corrected chi connectivity index (χ1v) is 13.3. The molecule has 6 aromatic rings. The standard InChI is InChI=1S/C33H24N6O3/c34-30-25(7-4-16-35-30)31-38-27-14-13-26(20-5-2-1-3-6-20)37-32(27)39(31)24-11-8-21(9-12-24)29-18-36-33(42-29)22-10-15-28(41)23(17-22)19-40/h1-17,19,29,41H,18H2,(H2,34,35)/t29-/m0/s1. The summed E-state index contributed by atoms with van der Waals surface area (Å²) in [7, 11) is 0. The van der Waals surface area contributed by atoms with Gasteiger partial charge in [-0.05, 0) is 60.2 Å². The van der Waals surface area contributed by atoms with E-state index in [2.05, 4.69) is 9.98 Å². The molecule has 0 fully saturated rings. The molecular weight excluding hydrogens is 528 g/mol. The van der Waals surface area contributed by atoms with Crippen molar-refractivity contribution in [2.75, 3.05) is 12.3 Å². The Morgan fingerprint density at radius 3 is 2.52 bits per heavy atom. The molecule has 0 saturated carbocycles. The Labute approximate surface area is 240 Å². The zero-order valence-electron chi connectivity index (χ0n) is 22.3. The number of fused-ring (bicyclic) bond motifs is 1. The number of phenolic OH excluding ortho intramolecular Hbond substituents is 1. The first-order chi connectivity index (χ1) is 20.6. The second kappa shape index (κ2) is 10.3. The number of aliphatic imine (C=N–C) groups is 1. The van der Waals surface area contributed by atoms with E-state index in [0.29, 0.717) is 47.1 Å². The number of nitrogens with two attached hydrogens (primary N) is 1. The van der Waals surface area contributed by atoms with E-state index in [-0.39, 0.29) is 17.4 Å². The Morgan fingerprint density at radius 2 is 1.74 bits per heavy atom. The molecule has 1 aliphatic heterocycles. The number of hydrogen-bond donors (Lipinski definition) is 2. The summed E-state index contributed by atoms with van der Waals surface area (Å²) in [6, 6.07) is 30.4. The molecule has 1 atom stereocenters. The van der Waals surface area contributed by atoms with E-state index < -0.39 is 0 Å². The maximum Gasteiger partial charge on any atom is 0.216 e. The van der Waals surface area contributed by atoms with Gasteiger partial charge in [0.2, 0.25) is 5.90 Å². The van der Waals surface area contributed by atoms with Gasteiger partial charge < -0.3 is 15.6 Å². The minimum atomic E-state index is -0.293. The molecule has 3 aromatic heterocycles. The Balaban J connectivity index is 1.26. The molecule has 9 heteroatoms. The van der Waals surface area contributed by atoms with Crippen molar-refractivity contribution in [3.05, 3.63) is 120 Å². The fourth-order valence-electron chi connectivity index (χ4n) is 5.09. The minimum absolute atomic E-state index is 0.0794. The predicted octanol–water partition coefficient (Wildman–Crippen LogP) is 5.77. The highest BCUT2D eigenvalue weighted by atomic mass is 16.5. The molecule has 0 amide bonds. The second-order valence-electron chi connectivity index (χ2n) is 9.85. The number of nitrogens with zero attached hydrogens (tertiary/aromatic N) is 5. The highest BCUT2D eigenvalue weighted by Crippen LogP contribution is 2.33. The van der Waals surface area contributed by atoms with Crippen LogP contribution in [0, 0.1) is 0 Å². The predicted molar refractivity (Wildman–Crippen MR) is 161 cm³/mol. The van der Waals surface area contributed by atoms with Crippen LogP contribution in [0.5, 0.6) is 5.75 Å². The van der Waals surface area contributed by atoms with Crippen molar-refractivity contribution in [3.8, 4) is 34.1 Å². The fraction of sp³-hybridized carbons (Fsp3) is 0.0606. The van der Waals surface area contributed by atoms with Crippen molar-refractivity contribution in [1.82, 2.24) is 19.5 Å². The number of carbonyl (C=O) groups excluding carboxylic acids is 1. The summed E-state index contributed by atoms with van der Waals surface area (Å²) in [4.78, 5) is 30.0. The van der Waals surface area contributed by atoms with Crippen molar-refractivity contribution in [2.45, 2.75) is 6.10 Å². The van der Waals surface area contributed by atoms with Gasteiger partial charge in [-0.25, -0.2) is 19.9 Å². The monoisotopic (exact) mass is 552 g/mol. The van der Waals surface area contributed by atoms with Gasteiger partial charge in [0.25, 0.3) is 0 Å². The lowest BCUT2D eigenvalue weighted by atomic mass is 10.1. The van der Waals surface area contributed by atoms with Crippen LogP contribution in [0.4, 0.5) is 5.82 Å². The third-order valence-electron chi connectivity index (χ3n) is 7.23. The third kappa shape index (κ3) is 4.43. The van der Waals surface area contributed by atoms with Gasteiger partial charge in [-0.15, -0.1) is 0 Å². The molecule has 0 spiro atoms. The number of aldehydes is 1. The van der Waals surface area contributed by atoms with E-state index in [4.69, 9.17) is 20.4 Å². The van der Waals surface area contributed by atoms with E-state index in [1.54, 1.807) is 18.3 Å². The Morgan fingerprint density at radius 1 is 0.905 bits per heavy atom. The molecule has 4 heterocycles. The normalized spacial score (nSPS) is 14.5. The molecule has 0 radical (unpaired) electrons.